The van der Waals surface area contributed by atoms with E-state index in [4.69, 9.17) is 0 Å². The minimum atomic E-state index is -0.173. The van der Waals surface area contributed by atoms with Crippen molar-refractivity contribution in [1.29, 1.82) is 0 Å². The zero-order valence-corrected chi connectivity index (χ0v) is 13.5. The Morgan fingerprint density at radius 2 is 1.71 bits per heavy atom. The van der Waals surface area contributed by atoms with Gasteiger partial charge in [-0.1, -0.05) is 39.0 Å². The van der Waals surface area contributed by atoms with Crippen LogP contribution in [0.4, 0.5) is 0 Å². The fourth-order valence-corrected chi connectivity index (χ4v) is 5.33. The summed E-state index contributed by atoms with van der Waals surface area (Å²) in [6.07, 6.45) is 14.2. The third kappa shape index (κ3) is 2.23. The van der Waals surface area contributed by atoms with Crippen LogP contribution < -0.4 is 5.32 Å². The molecule has 1 saturated heterocycles. The van der Waals surface area contributed by atoms with Crippen LogP contribution in [0.15, 0.2) is 0 Å². The lowest BCUT2D eigenvalue weighted by atomic mass is 9.70. The van der Waals surface area contributed by atoms with Crippen molar-refractivity contribution in [1.82, 2.24) is 10.2 Å². The van der Waals surface area contributed by atoms with Gasteiger partial charge in [0.15, 0.2) is 0 Å². The van der Waals surface area contributed by atoms with E-state index in [1.807, 2.05) is 0 Å². The smallest absolute Gasteiger partial charge is 0.244 e. The Labute approximate surface area is 128 Å². The second kappa shape index (κ2) is 4.97. The number of hydrogen-bond acceptors (Lipinski definition) is 2. The highest BCUT2D eigenvalue weighted by Gasteiger charge is 2.55. The van der Waals surface area contributed by atoms with E-state index in [0.29, 0.717) is 23.4 Å². The summed E-state index contributed by atoms with van der Waals surface area (Å²) in [5.41, 5.74) is 0.228. The fraction of sp³-hybridized carbons (Fsp3) is 0.944. The van der Waals surface area contributed by atoms with Crippen molar-refractivity contribution >= 4 is 5.91 Å². The number of amides is 1. The molecule has 3 heteroatoms. The zero-order valence-electron chi connectivity index (χ0n) is 13.5. The Morgan fingerprint density at radius 1 is 1.05 bits per heavy atom. The zero-order chi connectivity index (χ0) is 14.5. The number of rotatable bonds is 3. The van der Waals surface area contributed by atoms with Crippen LogP contribution in [-0.4, -0.2) is 29.1 Å². The van der Waals surface area contributed by atoms with Crippen LogP contribution in [0.25, 0.3) is 0 Å². The number of hydrogen-bond donors (Lipinski definition) is 1. The minimum Gasteiger partial charge on any atom is -0.325 e. The first-order valence-corrected chi connectivity index (χ1v) is 9.21. The number of carbonyl (C=O) groups excluding carboxylic acids is 1. The standard InChI is InChI=1S/C18H30N2O/c1-17(9-6-10-17)13-20-15(14-7-2-3-8-14)19-18(16(20)21)11-4-5-12-18/h14-15,19H,2-13H2,1H3. The normalized spacial score (nSPS) is 34.8. The molecule has 0 aromatic carbocycles. The predicted octanol–water partition coefficient (Wildman–Crippen LogP) is 3.44. The van der Waals surface area contributed by atoms with Crippen LogP contribution in [0.3, 0.4) is 0 Å². The van der Waals surface area contributed by atoms with Gasteiger partial charge in [0.2, 0.25) is 5.91 Å². The Hall–Kier alpha value is -0.570. The summed E-state index contributed by atoms with van der Waals surface area (Å²) in [5, 5.41) is 3.86. The molecule has 21 heavy (non-hydrogen) atoms. The van der Waals surface area contributed by atoms with Gasteiger partial charge in [-0.25, -0.2) is 0 Å². The van der Waals surface area contributed by atoms with E-state index in [1.165, 1.54) is 57.8 Å². The van der Waals surface area contributed by atoms with E-state index in [0.717, 1.165) is 19.4 Å². The largest absolute Gasteiger partial charge is 0.325 e. The van der Waals surface area contributed by atoms with Crippen molar-refractivity contribution in [2.75, 3.05) is 6.54 Å². The second-order valence-corrected chi connectivity index (χ2v) is 8.52. The maximum absolute atomic E-state index is 13.2. The van der Waals surface area contributed by atoms with Gasteiger partial charge in [-0.3, -0.25) is 10.1 Å². The number of carbonyl (C=O) groups is 1. The highest BCUT2D eigenvalue weighted by atomic mass is 16.2. The van der Waals surface area contributed by atoms with Crippen LogP contribution in [-0.2, 0) is 4.79 Å². The molecule has 1 atom stereocenters. The Balaban J connectivity index is 1.58. The molecule has 1 aliphatic heterocycles. The van der Waals surface area contributed by atoms with Gasteiger partial charge in [0.05, 0.1) is 11.7 Å². The summed E-state index contributed by atoms with van der Waals surface area (Å²) in [4.78, 5) is 15.5. The maximum Gasteiger partial charge on any atom is 0.244 e. The predicted molar refractivity (Wildman–Crippen MR) is 83.8 cm³/mol. The summed E-state index contributed by atoms with van der Waals surface area (Å²) in [6, 6.07) is 0. The van der Waals surface area contributed by atoms with Crippen molar-refractivity contribution in [2.24, 2.45) is 11.3 Å². The Kier molecular flexibility index (Phi) is 3.33. The van der Waals surface area contributed by atoms with Gasteiger partial charge in [-0.05, 0) is 49.9 Å². The molecule has 0 aromatic rings. The second-order valence-electron chi connectivity index (χ2n) is 8.52. The molecule has 0 aromatic heterocycles. The summed E-state index contributed by atoms with van der Waals surface area (Å²) >= 11 is 0. The lowest BCUT2D eigenvalue weighted by Crippen LogP contribution is -2.48. The molecule has 0 bridgehead atoms. The lowest BCUT2D eigenvalue weighted by molar-refractivity contribution is -0.136. The summed E-state index contributed by atoms with van der Waals surface area (Å²) in [5.74, 6) is 1.16. The van der Waals surface area contributed by atoms with Gasteiger partial charge in [0, 0.05) is 6.54 Å². The van der Waals surface area contributed by atoms with Gasteiger partial charge in [0.25, 0.3) is 0 Å². The van der Waals surface area contributed by atoms with Crippen molar-refractivity contribution in [3.63, 3.8) is 0 Å². The average Bonchev–Trinajstić information content (AvgIpc) is 3.14. The molecule has 1 heterocycles. The number of nitrogens with one attached hydrogen (secondary N) is 1. The van der Waals surface area contributed by atoms with Gasteiger partial charge in [0.1, 0.15) is 0 Å². The SMILES string of the molecule is CC1(CN2C(=O)C3(CCCC3)NC2C2CCCC2)CCC1. The molecule has 1 amide bonds. The molecule has 3 saturated carbocycles. The third-order valence-electron chi connectivity index (χ3n) is 6.85. The fourth-order valence-electron chi connectivity index (χ4n) is 5.33. The van der Waals surface area contributed by atoms with E-state index in [-0.39, 0.29) is 5.54 Å². The molecule has 1 unspecified atom stereocenters. The molecule has 4 aliphatic rings. The van der Waals surface area contributed by atoms with E-state index in [1.54, 1.807) is 0 Å². The van der Waals surface area contributed by atoms with E-state index in [2.05, 4.69) is 17.1 Å². The Morgan fingerprint density at radius 3 is 2.29 bits per heavy atom. The van der Waals surface area contributed by atoms with Crippen LogP contribution >= 0.6 is 0 Å². The minimum absolute atomic E-state index is 0.173. The van der Waals surface area contributed by atoms with E-state index >= 15 is 0 Å². The molecule has 4 rings (SSSR count). The van der Waals surface area contributed by atoms with Crippen molar-refractivity contribution in [3.8, 4) is 0 Å². The van der Waals surface area contributed by atoms with Crippen LogP contribution in [0.2, 0.25) is 0 Å². The molecular weight excluding hydrogens is 260 g/mol. The molecular formula is C18H30N2O. The van der Waals surface area contributed by atoms with Gasteiger partial charge >= 0.3 is 0 Å². The Bertz CT molecular complexity index is 417. The first-order valence-electron chi connectivity index (χ1n) is 9.21. The first-order chi connectivity index (χ1) is 10.1. The van der Waals surface area contributed by atoms with Gasteiger partial charge < -0.3 is 4.90 Å². The van der Waals surface area contributed by atoms with Crippen LogP contribution in [0.5, 0.6) is 0 Å². The summed E-state index contributed by atoms with van der Waals surface area (Å²) in [7, 11) is 0. The summed E-state index contributed by atoms with van der Waals surface area (Å²) in [6.45, 7) is 3.39. The average molecular weight is 290 g/mol. The van der Waals surface area contributed by atoms with Crippen LogP contribution in [0.1, 0.15) is 77.6 Å². The lowest BCUT2D eigenvalue weighted by Gasteiger charge is -2.43. The van der Waals surface area contributed by atoms with E-state index < -0.39 is 0 Å². The highest BCUT2D eigenvalue weighted by molar-refractivity contribution is 5.89. The molecule has 4 fully saturated rings. The van der Waals surface area contributed by atoms with Crippen molar-refractivity contribution in [3.05, 3.63) is 0 Å². The first kappa shape index (κ1) is 14.0. The van der Waals surface area contributed by atoms with Crippen molar-refractivity contribution < 1.29 is 4.79 Å². The van der Waals surface area contributed by atoms with Gasteiger partial charge in [-0.15, -0.1) is 0 Å². The topological polar surface area (TPSA) is 32.3 Å². The quantitative estimate of drug-likeness (QED) is 0.863. The number of nitrogens with zero attached hydrogens (tertiary/aromatic N) is 1. The van der Waals surface area contributed by atoms with Crippen LogP contribution in [0, 0.1) is 11.3 Å². The molecule has 0 radical (unpaired) electrons. The monoisotopic (exact) mass is 290 g/mol. The molecule has 3 nitrogen and oxygen atoms in total. The summed E-state index contributed by atoms with van der Waals surface area (Å²) < 4.78 is 0. The molecule has 1 N–H and O–H groups in total. The molecule has 118 valence electrons. The molecule has 3 aliphatic carbocycles. The maximum atomic E-state index is 13.2. The van der Waals surface area contributed by atoms with Crippen molar-refractivity contribution in [2.45, 2.75) is 89.3 Å². The van der Waals surface area contributed by atoms with E-state index in [9.17, 15) is 4.79 Å². The molecule has 1 spiro atoms. The third-order valence-corrected chi connectivity index (χ3v) is 6.85. The highest BCUT2D eigenvalue weighted by Crippen LogP contribution is 2.46. The van der Waals surface area contributed by atoms with Gasteiger partial charge in [-0.2, -0.15) is 0 Å².